The van der Waals surface area contributed by atoms with Crippen LogP contribution in [-0.4, -0.2) is 21.0 Å². The maximum Gasteiger partial charge on any atom is 0.199 e. The van der Waals surface area contributed by atoms with E-state index in [4.69, 9.17) is 11.0 Å². The van der Waals surface area contributed by atoms with Crippen LogP contribution in [0.5, 0.6) is 5.75 Å². The Morgan fingerprint density at radius 3 is 2.48 bits per heavy atom. The first kappa shape index (κ1) is 17.9. The molecular weight excluding hydrogens is 340 g/mol. The molecule has 4 N–H and O–H groups in total. The van der Waals surface area contributed by atoms with Gasteiger partial charge in [0, 0.05) is 5.56 Å². The van der Waals surface area contributed by atoms with Gasteiger partial charge in [-0.3, -0.25) is 4.98 Å². The summed E-state index contributed by atoms with van der Waals surface area (Å²) in [6.45, 7) is 3.67. The van der Waals surface area contributed by atoms with Gasteiger partial charge in [-0.25, -0.2) is 4.98 Å². The second-order valence-electron chi connectivity index (χ2n) is 6.00. The van der Waals surface area contributed by atoms with Crippen LogP contribution >= 0.6 is 0 Å². The van der Waals surface area contributed by atoms with Gasteiger partial charge >= 0.3 is 0 Å². The number of hydrogen-bond donors (Lipinski definition) is 3. The molecule has 1 aromatic heterocycles. The zero-order valence-corrected chi connectivity index (χ0v) is 14.9. The van der Waals surface area contributed by atoms with E-state index in [1.807, 2.05) is 26.0 Å². The first-order valence-corrected chi connectivity index (χ1v) is 8.21. The fourth-order valence-electron chi connectivity index (χ4n) is 2.61. The van der Waals surface area contributed by atoms with Crippen LogP contribution in [0.1, 0.15) is 16.7 Å². The number of anilines is 1. The van der Waals surface area contributed by atoms with Crippen LogP contribution in [0.15, 0.2) is 53.8 Å². The average Bonchev–Trinajstić information content (AvgIpc) is 2.66. The minimum Gasteiger partial charge on any atom is -0.507 e. The molecule has 134 valence electrons. The van der Waals surface area contributed by atoms with E-state index < -0.39 is 0 Å². The Morgan fingerprint density at radius 2 is 1.85 bits per heavy atom. The van der Waals surface area contributed by atoms with Crippen molar-refractivity contribution in [2.75, 3.05) is 5.32 Å². The number of phenols is 1. The minimum absolute atomic E-state index is 0.107. The third kappa shape index (κ3) is 4.02. The molecule has 0 amide bonds. The van der Waals surface area contributed by atoms with E-state index in [0.29, 0.717) is 22.8 Å². The van der Waals surface area contributed by atoms with Crippen molar-refractivity contribution < 1.29 is 5.11 Å². The highest BCUT2D eigenvalue weighted by atomic mass is 16.3. The van der Waals surface area contributed by atoms with Gasteiger partial charge in [0.15, 0.2) is 11.8 Å². The van der Waals surface area contributed by atoms with Crippen molar-refractivity contribution in [2.24, 2.45) is 10.7 Å². The van der Waals surface area contributed by atoms with Crippen LogP contribution in [0.3, 0.4) is 0 Å². The number of nitrogens with zero attached hydrogens (tertiary/aromatic N) is 4. The van der Waals surface area contributed by atoms with Gasteiger partial charge in [-0.1, -0.05) is 12.1 Å². The second kappa shape index (κ2) is 7.54. The minimum atomic E-state index is 0.107. The molecule has 0 aliphatic heterocycles. The SMILES string of the molecule is Cc1cc(-c2cnc(N=C(N)Nc3ccccc3C#N)cn2)cc(C)c1O. The third-order valence-corrected chi connectivity index (χ3v) is 3.97. The Kier molecular flexibility index (Phi) is 4.99. The van der Waals surface area contributed by atoms with E-state index in [9.17, 15) is 5.11 Å². The largest absolute Gasteiger partial charge is 0.507 e. The molecule has 0 radical (unpaired) electrons. The summed E-state index contributed by atoms with van der Waals surface area (Å²) in [6, 6.07) is 12.8. The Hall–Kier alpha value is -3.92. The highest BCUT2D eigenvalue weighted by molar-refractivity contribution is 5.94. The van der Waals surface area contributed by atoms with E-state index in [-0.39, 0.29) is 11.7 Å². The smallest absolute Gasteiger partial charge is 0.199 e. The second-order valence-corrected chi connectivity index (χ2v) is 6.00. The maximum absolute atomic E-state index is 9.88. The van der Waals surface area contributed by atoms with Gasteiger partial charge in [-0.2, -0.15) is 10.3 Å². The number of aromatic hydroxyl groups is 1. The normalized spacial score (nSPS) is 11.1. The molecule has 0 saturated carbocycles. The Bertz CT molecular complexity index is 1030. The number of para-hydroxylation sites is 1. The van der Waals surface area contributed by atoms with Gasteiger partial charge in [-0.15, -0.1) is 0 Å². The highest BCUT2D eigenvalue weighted by Gasteiger charge is 2.07. The van der Waals surface area contributed by atoms with Gasteiger partial charge < -0.3 is 16.2 Å². The van der Waals surface area contributed by atoms with Gasteiger partial charge in [0.2, 0.25) is 0 Å². The summed E-state index contributed by atoms with van der Waals surface area (Å²) in [5.41, 5.74) is 10.0. The van der Waals surface area contributed by atoms with Crippen LogP contribution in [0, 0.1) is 25.2 Å². The summed E-state index contributed by atoms with van der Waals surface area (Å²) in [7, 11) is 0. The van der Waals surface area contributed by atoms with Gasteiger partial charge in [-0.05, 0) is 49.2 Å². The number of nitrogens with two attached hydrogens (primary N) is 1. The molecule has 0 aliphatic rings. The monoisotopic (exact) mass is 358 g/mol. The number of aromatic nitrogens is 2. The van der Waals surface area contributed by atoms with Gasteiger partial charge in [0.1, 0.15) is 11.8 Å². The van der Waals surface area contributed by atoms with Crippen LogP contribution in [0.25, 0.3) is 11.3 Å². The summed E-state index contributed by atoms with van der Waals surface area (Å²) >= 11 is 0. The van der Waals surface area contributed by atoms with E-state index in [0.717, 1.165) is 16.7 Å². The van der Waals surface area contributed by atoms with E-state index in [1.165, 1.54) is 6.20 Å². The molecule has 3 aromatic rings. The molecule has 0 atom stereocenters. The van der Waals surface area contributed by atoms with Crippen LogP contribution < -0.4 is 11.1 Å². The highest BCUT2D eigenvalue weighted by Crippen LogP contribution is 2.28. The molecule has 0 fully saturated rings. The van der Waals surface area contributed by atoms with Gasteiger partial charge in [0.05, 0.1) is 29.3 Å². The number of aliphatic imine (C=N–C) groups is 1. The molecule has 1 heterocycles. The Morgan fingerprint density at radius 1 is 1.15 bits per heavy atom. The molecule has 0 spiro atoms. The number of guanidine groups is 1. The molecular formula is C20H18N6O. The van der Waals surface area contributed by atoms with Crippen molar-refractivity contribution in [3.05, 3.63) is 65.5 Å². The lowest BCUT2D eigenvalue weighted by Gasteiger charge is -2.08. The molecule has 3 rings (SSSR count). The molecule has 0 unspecified atom stereocenters. The lowest BCUT2D eigenvalue weighted by atomic mass is 10.0. The molecule has 0 aliphatic carbocycles. The zero-order valence-electron chi connectivity index (χ0n) is 14.9. The van der Waals surface area contributed by atoms with Crippen molar-refractivity contribution in [1.82, 2.24) is 9.97 Å². The quantitative estimate of drug-likeness (QED) is 0.487. The number of nitriles is 1. The van der Waals surface area contributed by atoms with Crippen molar-refractivity contribution >= 4 is 17.5 Å². The Labute approximate surface area is 156 Å². The van der Waals surface area contributed by atoms with Crippen LogP contribution in [0.2, 0.25) is 0 Å². The molecule has 27 heavy (non-hydrogen) atoms. The van der Waals surface area contributed by atoms with Crippen molar-refractivity contribution in [1.29, 1.82) is 5.26 Å². The van der Waals surface area contributed by atoms with E-state index in [1.54, 1.807) is 30.5 Å². The van der Waals surface area contributed by atoms with Crippen LogP contribution in [0.4, 0.5) is 11.5 Å². The Balaban J connectivity index is 1.81. The summed E-state index contributed by atoms with van der Waals surface area (Å²) in [4.78, 5) is 12.8. The number of aryl methyl sites for hydroxylation is 2. The molecule has 0 saturated heterocycles. The van der Waals surface area contributed by atoms with E-state index in [2.05, 4.69) is 26.3 Å². The van der Waals surface area contributed by atoms with Crippen molar-refractivity contribution in [3.8, 4) is 23.1 Å². The lowest BCUT2D eigenvalue weighted by Crippen LogP contribution is -2.22. The number of nitrogens with one attached hydrogen (secondary N) is 1. The van der Waals surface area contributed by atoms with E-state index >= 15 is 0 Å². The number of phenolic OH excluding ortho intramolecular Hbond substituents is 1. The number of benzene rings is 2. The summed E-state index contributed by atoms with van der Waals surface area (Å²) < 4.78 is 0. The fraction of sp³-hybridized carbons (Fsp3) is 0.100. The fourth-order valence-corrected chi connectivity index (χ4v) is 2.61. The first-order valence-electron chi connectivity index (χ1n) is 8.21. The summed E-state index contributed by atoms with van der Waals surface area (Å²) in [6.07, 6.45) is 3.11. The van der Waals surface area contributed by atoms with Crippen LogP contribution in [-0.2, 0) is 0 Å². The summed E-state index contributed by atoms with van der Waals surface area (Å²) in [5, 5.41) is 21.9. The van der Waals surface area contributed by atoms with Gasteiger partial charge in [0.25, 0.3) is 0 Å². The predicted molar refractivity (Wildman–Crippen MR) is 105 cm³/mol. The summed E-state index contributed by atoms with van der Waals surface area (Å²) in [5.74, 6) is 0.728. The average molecular weight is 358 g/mol. The maximum atomic E-state index is 9.88. The van der Waals surface area contributed by atoms with Crippen molar-refractivity contribution in [2.45, 2.75) is 13.8 Å². The molecule has 7 heteroatoms. The first-order chi connectivity index (χ1) is 13.0. The molecule has 0 bridgehead atoms. The third-order valence-electron chi connectivity index (χ3n) is 3.97. The number of rotatable bonds is 3. The number of hydrogen-bond acceptors (Lipinski definition) is 5. The topological polar surface area (TPSA) is 120 Å². The van der Waals surface area contributed by atoms with Crippen molar-refractivity contribution in [3.63, 3.8) is 0 Å². The standard InChI is InChI=1S/C20H18N6O/c1-12-7-15(8-13(2)19(12)27)17-10-24-18(11-23-17)26-20(22)25-16-6-4-3-5-14(16)9-21/h3-8,10-11,27H,1-2H3,(H3,22,24,25,26). The lowest BCUT2D eigenvalue weighted by molar-refractivity contribution is 0.467. The predicted octanol–water partition coefficient (Wildman–Crippen LogP) is 3.40. The molecule has 2 aromatic carbocycles. The zero-order chi connectivity index (χ0) is 19.4. The molecule has 7 nitrogen and oxygen atoms in total.